The third-order valence-corrected chi connectivity index (χ3v) is 3.78. The fraction of sp³-hybridized carbons (Fsp3) is 0.235. The minimum Gasteiger partial charge on any atom is -0.493 e. The van der Waals surface area contributed by atoms with Gasteiger partial charge in [-0.1, -0.05) is 18.2 Å². The van der Waals surface area contributed by atoms with Crippen molar-refractivity contribution in [2.75, 3.05) is 20.8 Å². The average Bonchev–Trinajstić information content (AvgIpc) is 2.54. The topological polar surface area (TPSA) is 68.9 Å². The molecule has 0 aliphatic heterocycles. The maximum Gasteiger partial charge on any atom is 0.344 e. The van der Waals surface area contributed by atoms with E-state index in [2.05, 4.69) is 0 Å². The van der Waals surface area contributed by atoms with Gasteiger partial charge in [-0.15, -0.1) is 0 Å². The summed E-state index contributed by atoms with van der Waals surface area (Å²) >= 11 is 0. The number of rotatable bonds is 4. The Kier molecular flexibility index (Phi) is 3.92. The summed E-state index contributed by atoms with van der Waals surface area (Å²) in [5.41, 5.74) is 0.000312. The second kappa shape index (κ2) is 5.89. The molecule has 23 heavy (non-hydrogen) atoms. The summed E-state index contributed by atoms with van der Waals surface area (Å²) < 4.78 is 30.2. The van der Waals surface area contributed by atoms with Crippen LogP contribution in [0.1, 0.15) is 5.56 Å². The van der Waals surface area contributed by atoms with Crippen LogP contribution in [0, 0.1) is 5.82 Å². The molecule has 0 amide bonds. The van der Waals surface area contributed by atoms with Gasteiger partial charge in [-0.05, 0) is 12.0 Å². The van der Waals surface area contributed by atoms with Crippen LogP contribution < -0.4 is 15.1 Å². The SMILES string of the molecule is COc1cc(F)c2c(oc(=O)c3c(CCO)cccc32)c1OC. The zero-order valence-corrected chi connectivity index (χ0v) is 12.7. The Morgan fingerprint density at radius 3 is 2.65 bits per heavy atom. The van der Waals surface area contributed by atoms with E-state index in [1.54, 1.807) is 18.2 Å². The lowest BCUT2D eigenvalue weighted by Gasteiger charge is -2.12. The monoisotopic (exact) mass is 318 g/mol. The molecule has 0 aliphatic rings. The standard InChI is InChI=1S/C17H15FO5/c1-21-12-8-11(18)14-10-5-3-4-9(6-7-19)13(10)17(20)23-16(14)15(12)22-2/h3-5,8,19H,6-7H2,1-2H3. The van der Waals surface area contributed by atoms with Crippen LogP contribution in [0.25, 0.3) is 21.7 Å². The fourth-order valence-electron chi connectivity index (χ4n) is 2.80. The first-order chi connectivity index (χ1) is 11.1. The Morgan fingerprint density at radius 1 is 1.22 bits per heavy atom. The van der Waals surface area contributed by atoms with Gasteiger partial charge in [0.05, 0.1) is 25.0 Å². The highest BCUT2D eigenvalue weighted by Gasteiger charge is 2.21. The third-order valence-electron chi connectivity index (χ3n) is 3.78. The molecule has 0 bridgehead atoms. The zero-order valence-electron chi connectivity index (χ0n) is 12.7. The van der Waals surface area contributed by atoms with Crippen molar-refractivity contribution in [3.05, 3.63) is 46.1 Å². The smallest absolute Gasteiger partial charge is 0.344 e. The maximum absolute atomic E-state index is 14.6. The number of ether oxygens (including phenoxy) is 2. The number of aliphatic hydroxyl groups excluding tert-OH is 1. The molecule has 0 aliphatic carbocycles. The van der Waals surface area contributed by atoms with Crippen LogP contribution in [-0.2, 0) is 6.42 Å². The molecule has 0 fully saturated rings. The summed E-state index contributed by atoms with van der Waals surface area (Å²) in [6.45, 7) is -0.120. The molecule has 1 aromatic heterocycles. The van der Waals surface area contributed by atoms with Crippen molar-refractivity contribution in [2.24, 2.45) is 0 Å². The van der Waals surface area contributed by atoms with E-state index < -0.39 is 11.4 Å². The van der Waals surface area contributed by atoms with Crippen molar-refractivity contribution < 1.29 is 23.4 Å². The summed E-state index contributed by atoms with van der Waals surface area (Å²) in [4.78, 5) is 12.4. The van der Waals surface area contributed by atoms with E-state index >= 15 is 0 Å². The number of aliphatic hydroxyl groups is 1. The molecule has 120 valence electrons. The van der Waals surface area contributed by atoms with Crippen molar-refractivity contribution in [3.8, 4) is 11.5 Å². The molecular weight excluding hydrogens is 303 g/mol. The van der Waals surface area contributed by atoms with Gasteiger partial charge in [0.1, 0.15) is 5.82 Å². The lowest BCUT2D eigenvalue weighted by Crippen LogP contribution is -2.06. The summed E-state index contributed by atoms with van der Waals surface area (Å²) in [5.74, 6) is -0.269. The molecule has 1 heterocycles. The highest BCUT2D eigenvalue weighted by molar-refractivity contribution is 6.08. The van der Waals surface area contributed by atoms with E-state index in [4.69, 9.17) is 19.0 Å². The first-order valence-corrected chi connectivity index (χ1v) is 7.02. The van der Waals surface area contributed by atoms with E-state index in [-0.39, 0.29) is 40.9 Å². The number of hydrogen-bond acceptors (Lipinski definition) is 5. The van der Waals surface area contributed by atoms with Gasteiger partial charge in [0.25, 0.3) is 0 Å². The first-order valence-electron chi connectivity index (χ1n) is 7.02. The molecule has 0 unspecified atom stereocenters. The quantitative estimate of drug-likeness (QED) is 0.591. The van der Waals surface area contributed by atoms with Crippen LogP contribution in [0.5, 0.6) is 11.5 Å². The largest absolute Gasteiger partial charge is 0.493 e. The van der Waals surface area contributed by atoms with Gasteiger partial charge in [-0.3, -0.25) is 0 Å². The molecule has 5 nitrogen and oxygen atoms in total. The van der Waals surface area contributed by atoms with E-state index in [0.717, 1.165) is 0 Å². The van der Waals surface area contributed by atoms with E-state index in [9.17, 15) is 9.18 Å². The van der Waals surface area contributed by atoms with Crippen LogP contribution in [-0.4, -0.2) is 25.9 Å². The molecule has 0 saturated carbocycles. The van der Waals surface area contributed by atoms with Crippen LogP contribution in [0.15, 0.2) is 33.5 Å². The zero-order chi connectivity index (χ0) is 16.6. The molecule has 3 rings (SSSR count). The number of hydrogen-bond donors (Lipinski definition) is 1. The summed E-state index contributed by atoms with van der Waals surface area (Å²) in [5, 5.41) is 9.98. The summed E-state index contributed by atoms with van der Waals surface area (Å²) in [7, 11) is 2.77. The van der Waals surface area contributed by atoms with Gasteiger partial charge >= 0.3 is 5.63 Å². The third kappa shape index (κ3) is 2.31. The van der Waals surface area contributed by atoms with Crippen molar-refractivity contribution in [2.45, 2.75) is 6.42 Å². The first kappa shape index (κ1) is 15.3. The Bertz CT molecular complexity index is 945. The Hall–Kier alpha value is -2.60. The van der Waals surface area contributed by atoms with Gasteiger partial charge in [0.15, 0.2) is 11.3 Å². The molecule has 1 N–H and O–H groups in total. The molecule has 0 radical (unpaired) electrons. The van der Waals surface area contributed by atoms with Crippen LogP contribution >= 0.6 is 0 Å². The van der Waals surface area contributed by atoms with Gasteiger partial charge < -0.3 is 19.0 Å². The van der Waals surface area contributed by atoms with Crippen molar-refractivity contribution in [3.63, 3.8) is 0 Å². The minimum atomic E-state index is -0.609. The average molecular weight is 318 g/mol. The number of methoxy groups -OCH3 is 2. The van der Waals surface area contributed by atoms with Crippen molar-refractivity contribution in [1.82, 2.24) is 0 Å². The molecule has 2 aromatic carbocycles. The summed E-state index contributed by atoms with van der Waals surface area (Å²) in [6, 6.07) is 6.26. The lowest BCUT2D eigenvalue weighted by atomic mass is 10.0. The number of benzene rings is 2. The highest BCUT2D eigenvalue weighted by Crippen LogP contribution is 2.39. The number of halogens is 1. The molecular formula is C17H15FO5. The molecule has 0 spiro atoms. The normalized spacial score (nSPS) is 11.1. The van der Waals surface area contributed by atoms with E-state index in [1.165, 1.54) is 20.3 Å². The highest BCUT2D eigenvalue weighted by atomic mass is 19.1. The van der Waals surface area contributed by atoms with Crippen molar-refractivity contribution in [1.29, 1.82) is 0 Å². The minimum absolute atomic E-state index is 0.00278. The molecule has 3 aromatic rings. The predicted molar refractivity (Wildman–Crippen MR) is 83.8 cm³/mol. The van der Waals surface area contributed by atoms with Gasteiger partial charge in [-0.25, -0.2) is 9.18 Å². The second-order valence-corrected chi connectivity index (χ2v) is 5.00. The van der Waals surface area contributed by atoms with Crippen LogP contribution in [0.4, 0.5) is 4.39 Å². The predicted octanol–water partition coefficient (Wildman–Crippen LogP) is 2.64. The van der Waals surface area contributed by atoms with Crippen LogP contribution in [0.2, 0.25) is 0 Å². The molecule has 0 saturated heterocycles. The Morgan fingerprint density at radius 2 is 2.00 bits per heavy atom. The van der Waals surface area contributed by atoms with Gasteiger partial charge in [0, 0.05) is 18.1 Å². The van der Waals surface area contributed by atoms with Gasteiger partial charge in [0.2, 0.25) is 5.75 Å². The molecule has 0 atom stereocenters. The van der Waals surface area contributed by atoms with Crippen LogP contribution in [0.3, 0.4) is 0 Å². The molecule has 6 heteroatoms. The van der Waals surface area contributed by atoms with E-state index in [0.29, 0.717) is 10.9 Å². The van der Waals surface area contributed by atoms with E-state index in [1.807, 2.05) is 0 Å². The lowest BCUT2D eigenvalue weighted by molar-refractivity contribution is 0.300. The summed E-state index contributed by atoms with van der Waals surface area (Å²) in [6.07, 6.45) is 0.280. The van der Waals surface area contributed by atoms with Crippen molar-refractivity contribution >= 4 is 21.7 Å². The Labute approximate surface area is 130 Å². The fourth-order valence-corrected chi connectivity index (χ4v) is 2.80. The maximum atomic E-state index is 14.6. The number of fused-ring (bicyclic) bond motifs is 3. The second-order valence-electron chi connectivity index (χ2n) is 5.00. The van der Waals surface area contributed by atoms with Gasteiger partial charge in [-0.2, -0.15) is 0 Å². The Balaban J connectivity index is 2.55.